The van der Waals surface area contributed by atoms with Crippen molar-refractivity contribution in [2.45, 2.75) is 0 Å². The van der Waals surface area contributed by atoms with E-state index in [0.29, 0.717) is 0 Å². The Balaban J connectivity index is 0. The fraction of sp³-hybridized carbons (Fsp3) is 0. The molecule has 0 heterocycles. The molecule has 0 atom stereocenters. The second-order valence-electron chi connectivity index (χ2n) is 0.250. The van der Waals surface area contributed by atoms with E-state index in [9.17, 15) is 0 Å². The maximum absolute atomic E-state index is 8.70. The largest absolute Gasteiger partial charge is 2.00 e. The Kier molecular flexibility index (Phi) is 7.52. The van der Waals surface area contributed by atoms with Crippen LogP contribution in [0, 0.1) is 0 Å². The average Bonchev–Trinajstić information content (AvgIpc) is 0.811. The zero-order valence-corrected chi connectivity index (χ0v) is 3.92. The van der Waals surface area contributed by atoms with Gasteiger partial charge in [-0.1, -0.05) is 5.30 Å². The molecule has 31 valence electrons. The summed E-state index contributed by atoms with van der Waals surface area (Å²) in [5, 5.41) is 7.20. The van der Waals surface area contributed by atoms with E-state index in [4.69, 9.17) is 9.90 Å². The third-order valence-corrected chi connectivity index (χ3v) is 0. The number of carbonyl (C=O) groups excluding carboxylic acids is 1. The first-order valence-corrected chi connectivity index (χ1v) is 1.02. The average molecular weight is 135 g/mol. The first-order valence-electron chi connectivity index (χ1n) is 0.612. The maximum atomic E-state index is 8.70. The third kappa shape index (κ3) is 524. The van der Waals surface area contributed by atoms with Crippen LogP contribution in [0.4, 0.5) is 4.79 Å². The van der Waals surface area contributed by atoms with Gasteiger partial charge in [0.2, 0.25) is 0 Å². The summed E-state index contributed by atoms with van der Waals surface area (Å²) >= 11 is 3.43. The van der Waals surface area contributed by atoms with E-state index in [2.05, 4.69) is 12.6 Å². The van der Waals surface area contributed by atoms with Crippen molar-refractivity contribution in [3.8, 4) is 0 Å². The SMILES string of the molecule is O=C([O-])[S-].[Co+2]. The quantitative estimate of drug-likeness (QED) is 0.395. The Morgan fingerprint density at radius 1 is 1.80 bits per heavy atom. The maximum Gasteiger partial charge on any atom is 2.00 e. The minimum atomic E-state index is -1.50. The summed E-state index contributed by atoms with van der Waals surface area (Å²) in [6, 6.07) is 0. The Hall–Kier alpha value is 0.196. The molecule has 1 radical (unpaired) electrons. The van der Waals surface area contributed by atoms with Crippen molar-refractivity contribution < 1.29 is 26.7 Å². The predicted molar refractivity (Wildman–Crippen MR) is 12.8 cm³/mol. The fourth-order valence-corrected chi connectivity index (χ4v) is 0. The van der Waals surface area contributed by atoms with Crippen LogP contribution in [0.5, 0.6) is 0 Å². The molecule has 0 amide bonds. The molecule has 0 aliphatic rings. The molecule has 0 aliphatic heterocycles. The van der Waals surface area contributed by atoms with Gasteiger partial charge in [-0.3, -0.25) is 0 Å². The van der Waals surface area contributed by atoms with Gasteiger partial charge in [0.05, 0.1) is 0 Å². The number of hydrogen-bond acceptors (Lipinski definition) is 3. The van der Waals surface area contributed by atoms with Gasteiger partial charge in [0.15, 0.2) is 0 Å². The van der Waals surface area contributed by atoms with Gasteiger partial charge in [-0.25, -0.2) is 0 Å². The molecule has 0 aliphatic carbocycles. The van der Waals surface area contributed by atoms with Crippen molar-refractivity contribution in [3.05, 3.63) is 0 Å². The zero-order chi connectivity index (χ0) is 3.58. The first kappa shape index (κ1) is 8.96. The van der Waals surface area contributed by atoms with Gasteiger partial charge in [-0.2, -0.15) is 0 Å². The van der Waals surface area contributed by atoms with Gasteiger partial charge in [-0.05, 0) is 0 Å². The van der Waals surface area contributed by atoms with Crippen LogP contribution in [0.3, 0.4) is 0 Å². The van der Waals surface area contributed by atoms with Gasteiger partial charge in [0.1, 0.15) is 0 Å². The molecule has 0 spiro atoms. The molecule has 0 rings (SSSR count). The van der Waals surface area contributed by atoms with Gasteiger partial charge < -0.3 is 22.5 Å². The molecule has 0 saturated heterocycles. The molecule has 0 fully saturated rings. The standard InChI is InChI=1S/CH2O2S.Co/c2-1(3)4;/h4H,(H,2,3);/q;+2/p-2. The molecule has 0 bridgehead atoms. The Bertz CT molecular complexity index is 32.6. The van der Waals surface area contributed by atoms with Gasteiger partial charge in [-0.15, -0.1) is 0 Å². The number of carbonyl (C=O) groups is 1. The van der Waals surface area contributed by atoms with Crippen LogP contribution in [0.15, 0.2) is 0 Å². The minimum Gasteiger partial charge on any atom is -0.764 e. The zero-order valence-electron chi connectivity index (χ0n) is 2.06. The van der Waals surface area contributed by atoms with Crippen molar-refractivity contribution in [2.24, 2.45) is 0 Å². The summed E-state index contributed by atoms with van der Waals surface area (Å²) in [5.41, 5.74) is 0. The van der Waals surface area contributed by atoms with Crippen molar-refractivity contribution in [3.63, 3.8) is 0 Å². The molecule has 0 saturated carbocycles. The Morgan fingerprint density at radius 2 is 1.80 bits per heavy atom. The fourth-order valence-electron chi connectivity index (χ4n) is 0. The summed E-state index contributed by atoms with van der Waals surface area (Å²) in [7, 11) is 0. The Morgan fingerprint density at radius 3 is 1.80 bits per heavy atom. The molecule has 0 aromatic rings. The van der Waals surface area contributed by atoms with E-state index in [0.717, 1.165) is 0 Å². The molecule has 0 unspecified atom stereocenters. The summed E-state index contributed by atoms with van der Waals surface area (Å²) in [6.45, 7) is 0. The summed E-state index contributed by atoms with van der Waals surface area (Å²) in [6.07, 6.45) is 0. The minimum absolute atomic E-state index is 0. The molecule has 0 aromatic carbocycles. The number of rotatable bonds is 0. The van der Waals surface area contributed by atoms with Gasteiger partial charge >= 0.3 is 16.8 Å². The number of carboxylic acid groups (broad SMARTS) is 1. The van der Waals surface area contributed by atoms with Crippen LogP contribution in [-0.2, 0) is 29.4 Å². The van der Waals surface area contributed by atoms with E-state index in [1.165, 1.54) is 0 Å². The molecule has 0 N–H and O–H groups in total. The predicted octanol–water partition coefficient (Wildman–Crippen LogP) is -1.13. The van der Waals surface area contributed by atoms with Crippen LogP contribution in [0.1, 0.15) is 0 Å². The second-order valence-corrected chi connectivity index (χ2v) is 0.583. The van der Waals surface area contributed by atoms with Gasteiger partial charge in [0.25, 0.3) is 0 Å². The van der Waals surface area contributed by atoms with E-state index in [1.807, 2.05) is 0 Å². The van der Waals surface area contributed by atoms with E-state index in [1.54, 1.807) is 0 Å². The molecular formula is CCoO2S. The van der Waals surface area contributed by atoms with E-state index in [-0.39, 0.29) is 16.8 Å². The van der Waals surface area contributed by atoms with E-state index >= 15 is 0 Å². The molecule has 4 heteroatoms. The monoisotopic (exact) mass is 135 g/mol. The Labute approximate surface area is 45.2 Å². The van der Waals surface area contributed by atoms with Crippen LogP contribution in [0.2, 0.25) is 0 Å². The molecule has 5 heavy (non-hydrogen) atoms. The van der Waals surface area contributed by atoms with Crippen molar-refractivity contribution in [1.82, 2.24) is 0 Å². The molecule has 0 aromatic heterocycles. The van der Waals surface area contributed by atoms with Crippen LogP contribution >= 0.6 is 0 Å². The second kappa shape index (κ2) is 4.20. The van der Waals surface area contributed by atoms with Crippen molar-refractivity contribution >= 4 is 17.9 Å². The summed E-state index contributed by atoms with van der Waals surface area (Å²) in [5.74, 6) is 0. The normalized spacial score (nSPS) is 4.80. The summed E-state index contributed by atoms with van der Waals surface area (Å²) < 4.78 is 0. The van der Waals surface area contributed by atoms with Crippen LogP contribution in [-0.4, -0.2) is 5.30 Å². The summed E-state index contributed by atoms with van der Waals surface area (Å²) in [4.78, 5) is 8.70. The van der Waals surface area contributed by atoms with Crippen molar-refractivity contribution in [1.29, 1.82) is 0 Å². The third-order valence-electron chi connectivity index (χ3n) is 0. The van der Waals surface area contributed by atoms with Crippen LogP contribution in [0.25, 0.3) is 0 Å². The topological polar surface area (TPSA) is 40.1 Å². The molecule has 2 nitrogen and oxygen atoms in total. The molecular weight excluding hydrogens is 135 g/mol. The smallest absolute Gasteiger partial charge is 0.764 e. The van der Waals surface area contributed by atoms with Crippen LogP contribution < -0.4 is 5.11 Å². The number of hydrogen-bond donors (Lipinski definition) is 0. The van der Waals surface area contributed by atoms with Crippen molar-refractivity contribution in [2.75, 3.05) is 0 Å². The van der Waals surface area contributed by atoms with E-state index < -0.39 is 5.30 Å². The first-order chi connectivity index (χ1) is 1.73. The van der Waals surface area contributed by atoms with Gasteiger partial charge in [0, 0.05) is 0 Å².